The normalized spacial score (nSPS) is 10.8. The lowest BCUT2D eigenvalue weighted by molar-refractivity contribution is 0.928. The van der Waals surface area contributed by atoms with E-state index >= 15 is 0 Å². The van der Waals surface area contributed by atoms with E-state index in [-0.39, 0.29) is 0 Å². The summed E-state index contributed by atoms with van der Waals surface area (Å²) < 4.78 is 0. The van der Waals surface area contributed by atoms with Gasteiger partial charge in [-0.25, -0.2) is 4.98 Å². The first-order valence-electron chi connectivity index (χ1n) is 4.23. The molecule has 0 aliphatic carbocycles. The van der Waals surface area contributed by atoms with Crippen molar-refractivity contribution in [2.75, 3.05) is 0 Å². The lowest BCUT2D eigenvalue weighted by Gasteiger charge is -1.98. The average Bonchev–Trinajstić information content (AvgIpc) is 2.53. The molecule has 0 amide bonds. The third-order valence-electron chi connectivity index (χ3n) is 1.98. The Hall–Kier alpha value is -0.890. The minimum Gasteiger partial charge on any atom is -0.245 e. The number of pyridine rings is 1. The second-order valence-corrected chi connectivity index (χ2v) is 3.75. The van der Waals surface area contributed by atoms with Crippen molar-refractivity contribution in [3.8, 4) is 0 Å². The van der Waals surface area contributed by atoms with Crippen LogP contribution < -0.4 is 0 Å². The van der Waals surface area contributed by atoms with E-state index in [0.29, 0.717) is 0 Å². The van der Waals surface area contributed by atoms with Crippen molar-refractivity contribution in [2.24, 2.45) is 0 Å². The van der Waals surface area contributed by atoms with Gasteiger partial charge in [-0.15, -0.1) is 11.3 Å². The Kier molecular flexibility index (Phi) is 2.09. The Balaban J connectivity index is 2.57. The van der Waals surface area contributed by atoms with E-state index in [1.54, 1.807) is 11.3 Å². The summed E-state index contributed by atoms with van der Waals surface area (Å²) in [6.45, 7) is 2.21. The highest BCUT2D eigenvalue weighted by Crippen LogP contribution is 2.22. The highest BCUT2D eigenvalue weighted by atomic mass is 32.1. The number of fused-ring (bicyclic) bond motifs is 1. The minimum atomic E-state index is 1.16. The predicted octanol–water partition coefficient (Wildman–Crippen LogP) is 3.25. The molecule has 0 fully saturated rings. The van der Waals surface area contributed by atoms with Gasteiger partial charge >= 0.3 is 0 Å². The number of aryl methyl sites for hydroxylation is 1. The van der Waals surface area contributed by atoms with E-state index in [1.165, 1.54) is 22.2 Å². The van der Waals surface area contributed by atoms with Gasteiger partial charge < -0.3 is 0 Å². The summed E-state index contributed by atoms with van der Waals surface area (Å²) in [4.78, 5) is 5.47. The maximum Gasteiger partial charge on any atom is 0.123 e. The molecular weight excluding hydrogens is 166 g/mol. The van der Waals surface area contributed by atoms with Crippen molar-refractivity contribution in [3.05, 3.63) is 29.3 Å². The maximum absolute atomic E-state index is 4.30. The zero-order valence-corrected chi connectivity index (χ0v) is 7.90. The summed E-state index contributed by atoms with van der Waals surface area (Å²) in [7, 11) is 0. The van der Waals surface area contributed by atoms with Gasteiger partial charge in [0.1, 0.15) is 4.83 Å². The second-order valence-electron chi connectivity index (χ2n) is 2.86. The zero-order valence-electron chi connectivity index (χ0n) is 7.08. The second kappa shape index (κ2) is 3.23. The quantitative estimate of drug-likeness (QED) is 0.686. The van der Waals surface area contributed by atoms with Crippen LogP contribution in [0.2, 0.25) is 0 Å². The Morgan fingerprint density at radius 2 is 2.33 bits per heavy atom. The van der Waals surface area contributed by atoms with Crippen LogP contribution >= 0.6 is 11.3 Å². The summed E-state index contributed by atoms with van der Waals surface area (Å²) in [6.07, 6.45) is 4.27. The third-order valence-corrected chi connectivity index (χ3v) is 2.80. The standard InChI is InChI=1S/C10H11NS/c1-2-3-8-4-6-11-10-9(8)5-7-12-10/h4-7H,2-3H2,1H3. The molecule has 0 radical (unpaired) electrons. The van der Waals surface area contributed by atoms with Crippen LogP contribution in [0, 0.1) is 0 Å². The van der Waals surface area contributed by atoms with Gasteiger partial charge in [0.05, 0.1) is 0 Å². The minimum absolute atomic E-state index is 1.16. The van der Waals surface area contributed by atoms with Crippen molar-refractivity contribution in [1.29, 1.82) is 0 Å². The van der Waals surface area contributed by atoms with Crippen LogP contribution in [0.3, 0.4) is 0 Å². The molecule has 1 nitrogen and oxygen atoms in total. The Labute approximate surface area is 76.1 Å². The van der Waals surface area contributed by atoms with Gasteiger partial charge in [-0.3, -0.25) is 0 Å². The van der Waals surface area contributed by atoms with Crippen molar-refractivity contribution in [1.82, 2.24) is 4.98 Å². The lowest BCUT2D eigenvalue weighted by Crippen LogP contribution is -1.84. The van der Waals surface area contributed by atoms with E-state index in [9.17, 15) is 0 Å². The van der Waals surface area contributed by atoms with Crippen LogP contribution in [0.4, 0.5) is 0 Å². The molecule has 0 N–H and O–H groups in total. The Morgan fingerprint density at radius 3 is 3.17 bits per heavy atom. The first kappa shape index (κ1) is 7.74. The molecule has 0 saturated heterocycles. The summed E-state index contributed by atoms with van der Waals surface area (Å²) in [5, 5.41) is 3.45. The molecular formula is C10H11NS. The third kappa shape index (κ3) is 1.23. The molecule has 0 aliphatic heterocycles. The van der Waals surface area contributed by atoms with Gasteiger partial charge in [0, 0.05) is 11.6 Å². The maximum atomic E-state index is 4.30. The highest BCUT2D eigenvalue weighted by molar-refractivity contribution is 7.16. The van der Waals surface area contributed by atoms with Crippen molar-refractivity contribution >= 4 is 21.6 Å². The number of thiophene rings is 1. The first-order valence-corrected chi connectivity index (χ1v) is 5.11. The molecule has 62 valence electrons. The molecule has 0 spiro atoms. The van der Waals surface area contributed by atoms with Gasteiger partial charge in [-0.05, 0) is 29.5 Å². The molecule has 0 atom stereocenters. The fourth-order valence-corrected chi connectivity index (χ4v) is 2.20. The Bertz CT molecular complexity index is 378. The number of rotatable bonds is 2. The lowest BCUT2D eigenvalue weighted by atomic mass is 10.1. The van der Waals surface area contributed by atoms with E-state index in [4.69, 9.17) is 0 Å². The van der Waals surface area contributed by atoms with Crippen LogP contribution in [0.5, 0.6) is 0 Å². The molecule has 2 rings (SSSR count). The fraction of sp³-hybridized carbons (Fsp3) is 0.300. The molecule has 2 heteroatoms. The van der Waals surface area contributed by atoms with Crippen molar-refractivity contribution < 1.29 is 0 Å². The van der Waals surface area contributed by atoms with Gasteiger partial charge in [0.2, 0.25) is 0 Å². The van der Waals surface area contributed by atoms with Crippen molar-refractivity contribution in [3.63, 3.8) is 0 Å². The van der Waals surface area contributed by atoms with Gasteiger partial charge in [-0.2, -0.15) is 0 Å². The average molecular weight is 177 g/mol. The summed E-state index contributed by atoms with van der Waals surface area (Å²) >= 11 is 1.72. The monoisotopic (exact) mass is 177 g/mol. The van der Waals surface area contributed by atoms with Crippen LogP contribution in [0.1, 0.15) is 18.9 Å². The Morgan fingerprint density at radius 1 is 1.42 bits per heavy atom. The SMILES string of the molecule is CCCc1ccnc2sccc12. The zero-order chi connectivity index (χ0) is 8.39. The van der Waals surface area contributed by atoms with Crippen LogP contribution in [-0.2, 0) is 6.42 Å². The van der Waals surface area contributed by atoms with Gasteiger partial charge in [0.25, 0.3) is 0 Å². The first-order chi connectivity index (χ1) is 5.92. The smallest absolute Gasteiger partial charge is 0.123 e. The van der Waals surface area contributed by atoms with Gasteiger partial charge in [-0.1, -0.05) is 13.3 Å². The van der Waals surface area contributed by atoms with E-state index in [2.05, 4.69) is 29.4 Å². The number of hydrogen-bond acceptors (Lipinski definition) is 2. The van der Waals surface area contributed by atoms with E-state index in [1.807, 2.05) is 6.20 Å². The van der Waals surface area contributed by atoms with Crippen molar-refractivity contribution in [2.45, 2.75) is 19.8 Å². The molecule has 0 aromatic carbocycles. The molecule has 2 heterocycles. The van der Waals surface area contributed by atoms with Gasteiger partial charge in [0.15, 0.2) is 0 Å². The predicted molar refractivity (Wildman–Crippen MR) is 53.6 cm³/mol. The summed E-state index contributed by atoms with van der Waals surface area (Å²) in [6, 6.07) is 4.29. The molecule has 0 saturated carbocycles. The topological polar surface area (TPSA) is 12.9 Å². The molecule has 12 heavy (non-hydrogen) atoms. The largest absolute Gasteiger partial charge is 0.245 e. The number of hydrogen-bond donors (Lipinski definition) is 0. The van der Waals surface area contributed by atoms with Crippen LogP contribution in [-0.4, -0.2) is 4.98 Å². The van der Waals surface area contributed by atoms with Crippen LogP contribution in [0.15, 0.2) is 23.7 Å². The molecule has 0 bridgehead atoms. The summed E-state index contributed by atoms with van der Waals surface area (Å²) in [5.41, 5.74) is 1.43. The summed E-state index contributed by atoms with van der Waals surface area (Å²) in [5.74, 6) is 0. The molecule has 0 aliphatic rings. The highest BCUT2D eigenvalue weighted by Gasteiger charge is 2.00. The molecule has 2 aromatic heterocycles. The van der Waals surface area contributed by atoms with E-state index in [0.717, 1.165) is 6.42 Å². The number of nitrogens with zero attached hydrogens (tertiary/aromatic N) is 1. The molecule has 2 aromatic rings. The van der Waals surface area contributed by atoms with E-state index < -0.39 is 0 Å². The fourth-order valence-electron chi connectivity index (χ4n) is 1.42. The molecule has 0 unspecified atom stereocenters. The number of aromatic nitrogens is 1. The van der Waals surface area contributed by atoms with Crippen LogP contribution in [0.25, 0.3) is 10.2 Å².